The molecule has 1 saturated carbocycles. The Balaban J connectivity index is 1.63. The van der Waals surface area contributed by atoms with Gasteiger partial charge in [0, 0.05) is 31.2 Å². The van der Waals surface area contributed by atoms with Crippen LogP contribution in [0.15, 0.2) is 0 Å². The van der Waals surface area contributed by atoms with E-state index in [4.69, 9.17) is 4.74 Å². The molecule has 4 unspecified atom stereocenters. The van der Waals surface area contributed by atoms with Crippen molar-refractivity contribution in [3.8, 4) is 0 Å². The highest BCUT2D eigenvalue weighted by Crippen LogP contribution is 2.42. The zero-order chi connectivity index (χ0) is 15.0. The summed E-state index contributed by atoms with van der Waals surface area (Å²) in [6.07, 6.45) is 7.57. The highest BCUT2D eigenvalue weighted by Gasteiger charge is 2.46. The van der Waals surface area contributed by atoms with Crippen LogP contribution in [0.1, 0.15) is 59.8 Å². The van der Waals surface area contributed by atoms with Gasteiger partial charge in [0.15, 0.2) is 0 Å². The molecule has 1 aliphatic carbocycles. The van der Waals surface area contributed by atoms with Gasteiger partial charge < -0.3 is 10.1 Å². The van der Waals surface area contributed by atoms with Gasteiger partial charge in [0.05, 0.1) is 12.2 Å². The highest BCUT2D eigenvalue weighted by molar-refractivity contribution is 5.04. The van der Waals surface area contributed by atoms with Crippen LogP contribution in [0, 0.1) is 11.8 Å². The largest absolute Gasteiger partial charge is 0.374 e. The molecule has 1 N–H and O–H groups in total. The van der Waals surface area contributed by atoms with E-state index in [1.54, 1.807) is 0 Å². The first-order chi connectivity index (χ1) is 9.96. The third-order valence-electron chi connectivity index (χ3n) is 5.77. The summed E-state index contributed by atoms with van der Waals surface area (Å²) in [5.41, 5.74) is 0.345. The maximum absolute atomic E-state index is 6.10. The van der Waals surface area contributed by atoms with Crippen molar-refractivity contribution in [2.75, 3.05) is 19.6 Å². The lowest BCUT2D eigenvalue weighted by Gasteiger charge is -2.48. The highest BCUT2D eigenvalue weighted by atomic mass is 16.5. The minimum Gasteiger partial charge on any atom is -0.374 e. The van der Waals surface area contributed by atoms with Crippen LogP contribution in [-0.2, 0) is 4.74 Å². The van der Waals surface area contributed by atoms with E-state index >= 15 is 0 Å². The summed E-state index contributed by atoms with van der Waals surface area (Å²) >= 11 is 0. The summed E-state index contributed by atoms with van der Waals surface area (Å²) in [4.78, 5) is 2.76. The quantitative estimate of drug-likeness (QED) is 0.843. The van der Waals surface area contributed by atoms with Crippen LogP contribution in [0.25, 0.3) is 0 Å². The topological polar surface area (TPSA) is 24.5 Å². The van der Waals surface area contributed by atoms with Gasteiger partial charge in [0.2, 0.25) is 0 Å². The first kappa shape index (κ1) is 15.8. The smallest absolute Gasteiger partial charge is 0.0706 e. The third-order valence-corrected chi connectivity index (χ3v) is 5.77. The zero-order valence-corrected chi connectivity index (χ0v) is 14.4. The van der Waals surface area contributed by atoms with Crippen LogP contribution in [-0.4, -0.2) is 48.3 Å². The van der Waals surface area contributed by atoms with Gasteiger partial charge in [0.25, 0.3) is 0 Å². The molecular weight excluding hydrogens is 260 g/mol. The Bertz CT molecular complexity index is 355. The van der Waals surface area contributed by atoms with E-state index in [0.29, 0.717) is 23.8 Å². The summed E-state index contributed by atoms with van der Waals surface area (Å²) in [7, 11) is 0. The molecule has 0 aromatic carbocycles. The van der Waals surface area contributed by atoms with Gasteiger partial charge in [0.1, 0.15) is 0 Å². The molecule has 3 nitrogen and oxygen atoms in total. The van der Waals surface area contributed by atoms with E-state index in [-0.39, 0.29) is 0 Å². The number of piperazine rings is 1. The van der Waals surface area contributed by atoms with Crippen molar-refractivity contribution in [1.29, 1.82) is 0 Å². The van der Waals surface area contributed by atoms with Gasteiger partial charge in [-0.1, -0.05) is 13.8 Å². The van der Waals surface area contributed by atoms with Crippen LogP contribution < -0.4 is 5.32 Å². The predicted molar refractivity (Wildman–Crippen MR) is 87.5 cm³/mol. The van der Waals surface area contributed by atoms with Crippen molar-refractivity contribution in [2.24, 2.45) is 11.8 Å². The predicted octanol–water partition coefficient (Wildman–Crippen LogP) is 3.04. The Hall–Kier alpha value is -0.120. The van der Waals surface area contributed by atoms with Crippen LogP contribution in [0.3, 0.4) is 0 Å². The molecule has 0 spiro atoms. The standard InChI is InChI=1S/C18H34N2O/c1-13(2)9-16-10-19-18(4,15-6-7-15)12-20(16)11-17-8-5-14(3)21-17/h13-17,19H,5-12H2,1-4H3. The molecule has 3 fully saturated rings. The van der Waals surface area contributed by atoms with Gasteiger partial charge >= 0.3 is 0 Å². The molecule has 122 valence electrons. The first-order valence-electron chi connectivity index (χ1n) is 9.11. The molecule has 0 amide bonds. The van der Waals surface area contributed by atoms with Crippen molar-refractivity contribution in [3.63, 3.8) is 0 Å². The Labute approximate surface area is 130 Å². The number of hydrogen-bond acceptors (Lipinski definition) is 3. The zero-order valence-electron chi connectivity index (χ0n) is 14.4. The summed E-state index contributed by atoms with van der Waals surface area (Å²) in [5.74, 6) is 1.68. The first-order valence-corrected chi connectivity index (χ1v) is 9.11. The monoisotopic (exact) mass is 294 g/mol. The lowest BCUT2D eigenvalue weighted by atomic mass is 9.88. The molecule has 0 aromatic heterocycles. The Kier molecular flexibility index (Phi) is 4.63. The molecule has 0 aromatic rings. The van der Waals surface area contributed by atoms with E-state index in [1.807, 2.05) is 0 Å². The molecule has 2 saturated heterocycles. The SMILES string of the molecule is CC(C)CC1CNC(C)(C2CC2)CN1CC1CCC(C)O1. The number of nitrogens with one attached hydrogen (secondary N) is 1. The molecule has 21 heavy (non-hydrogen) atoms. The molecule has 0 radical (unpaired) electrons. The van der Waals surface area contributed by atoms with E-state index in [0.717, 1.165) is 24.9 Å². The van der Waals surface area contributed by atoms with Gasteiger partial charge in [-0.3, -0.25) is 4.90 Å². The molecule has 0 bridgehead atoms. The minimum absolute atomic E-state index is 0.345. The summed E-state index contributed by atoms with van der Waals surface area (Å²) in [6.45, 7) is 12.9. The van der Waals surface area contributed by atoms with Crippen LogP contribution in [0.2, 0.25) is 0 Å². The maximum Gasteiger partial charge on any atom is 0.0706 e. The fourth-order valence-corrected chi connectivity index (χ4v) is 4.35. The van der Waals surface area contributed by atoms with Crippen LogP contribution >= 0.6 is 0 Å². The van der Waals surface area contributed by atoms with E-state index in [2.05, 4.69) is 37.9 Å². The molecule has 2 heterocycles. The van der Waals surface area contributed by atoms with Crippen molar-refractivity contribution in [2.45, 2.75) is 83.6 Å². The van der Waals surface area contributed by atoms with E-state index in [9.17, 15) is 0 Å². The fraction of sp³-hybridized carbons (Fsp3) is 1.00. The lowest BCUT2D eigenvalue weighted by molar-refractivity contribution is -0.00662. The van der Waals surface area contributed by atoms with Crippen molar-refractivity contribution in [3.05, 3.63) is 0 Å². The number of hydrogen-bond donors (Lipinski definition) is 1. The number of nitrogens with zero attached hydrogens (tertiary/aromatic N) is 1. The number of rotatable bonds is 5. The Morgan fingerprint density at radius 3 is 2.57 bits per heavy atom. The van der Waals surface area contributed by atoms with Gasteiger partial charge in [-0.2, -0.15) is 0 Å². The van der Waals surface area contributed by atoms with Crippen LogP contribution in [0.4, 0.5) is 0 Å². The molecule has 3 heteroatoms. The second-order valence-corrected chi connectivity index (χ2v) is 8.43. The molecule has 3 rings (SSSR count). The molecule has 3 aliphatic rings. The Morgan fingerprint density at radius 2 is 2.00 bits per heavy atom. The van der Waals surface area contributed by atoms with Crippen molar-refractivity contribution >= 4 is 0 Å². The van der Waals surface area contributed by atoms with Crippen molar-refractivity contribution < 1.29 is 4.74 Å². The van der Waals surface area contributed by atoms with Gasteiger partial charge in [-0.15, -0.1) is 0 Å². The average Bonchev–Trinajstić information content (AvgIpc) is 3.18. The van der Waals surface area contributed by atoms with E-state index < -0.39 is 0 Å². The van der Waals surface area contributed by atoms with Gasteiger partial charge in [-0.25, -0.2) is 0 Å². The second-order valence-electron chi connectivity index (χ2n) is 8.43. The molecule has 4 atom stereocenters. The second kappa shape index (κ2) is 6.17. The molecule has 2 aliphatic heterocycles. The Morgan fingerprint density at radius 1 is 1.24 bits per heavy atom. The van der Waals surface area contributed by atoms with Crippen molar-refractivity contribution in [1.82, 2.24) is 10.2 Å². The fourth-order valence-electron chi connectivity index (χ4n) is 4.35. The minimum atomic E-state index is 0.345. The normalized spacial score (nSPS) is 41.9. The third kappa shape index (κ3) is 3.80. The number of ether oxygens (including phenoxy) is 1. The maximum atomic E-state index is 6.10. The summed E-state index contributed by atoms with van der Waals surface area (Å²) < 4.78 is 6.10. The average molecular weight is 294 g/mol. The van der Waals surface area contributed by atoms with Gasteiger partial charge in [-0.05, 0) is 57.8 Å². The van der Waals surface area contributed by atoms with E-state index in [1.165, 1.54) is 38.6 Å². The summed E-state index contributed by atoms with van der Waals surface area (Å²) in [5, 5.41) is 3.89. The van der Waals surface area contributed by atoms with Crippen LogP contribution in [0.5, 0.6) is 0 Å². The summed E-state index contributed by atoms with van der Waals surface area (Å²) in [6, 6.07) is 0.691. The lowest BCUT2D eigenvalue weighted by Crippen LogP contribution is -2.65. The molecular formula is C18H34N2O.